The molecule has 0 aliphatic carbocycles. The van der Waals surface area contributed by atoms with Crippen molar-refractivity contribution in [1.82, 2.24) is 4.90 Å². The van der Waals surface area contributed by atoms with Crippen molar-refractivity contribution < 1.29 is 19.8 Å². The SMILES string of the molecule is CN1Cc2c(N)cccc2C(c2ccccc2)C1.O=C(O)/C=C\C(=O)O. The summed E-state index contributed by atoms with van der Waals surface area (Å²) in [5.41, 5.74) is 11.1. The molecule has 1 atom stereocenters. The third-order valence-corrected chi connectivity index (χ3v) is 4.12. The van der Waals surface area contributed by atoms with Crippen LogP contribution in [0.25, 0.3) is 0 Å². The Hall–Kier alpha value is -3.12. The Morgan fingerprint density at radius 2 is 1.65 bits per heavy atom. The molecule has 6 nitrogen and oxygen atoms in total. The largest absolute Gasteiger partial charge is 0.478 e. The fourth-order valence-corrected chi connectivity index (χ4v) is 2.99. The van der Waals surface area contributed by atoms with Crippen LogP contribution in [0.1, 0.15) is 22.6 Å². The summed E-state index contributed by atoms with van der Waals surface area (Å²) >= 11 is 0. The first kappa shape index (κ1) is 19.2. The highest BCUT2D eigenvalue weighted by Gasteiger charge is 2.25. The Morgan fingerprint density at radius 1 is 1.04 bits per heavy atom. The average molecular weight is 354 g/mol. The van der Waals surface area contributed by atoms with E-state index in [0.717, 1.165) is 18.8 Å². The van der Waals surface area contributed by atoms with Gasteiger partial charge in [-0.2, -0.15) is 0 Å². The van der Waals surface area contributed by atoms with E-state index in [0.29, 0.717) is 18.1 Å². The molecule has 26 heavy (non-hydrogen) atoms. The van der Waals surface area contributed by atoms with Crippen molar-refractivity contribution in [1.29, 1.82) is 0 Å². The van der Waals surface area contributed by atoms with Crippen molar-refractivity contribution in [3.8, 4) is 0 Å². The number of benzene rings is 2. The van der Waals surface area contributed by atoms with Crippen molar-refractivity contribution in [2.24, 2.45) is 0 Å². The number of hydrogen-bond acceptors (Lipinski definition) is 4. The summed E-state index contributed by atoms with van der Waals surface area (Å²) in [4.78, 5) is 21.5. The smallest absolute Gasteiger partial charge is 0.328 e. The molecular formula is C20H22N2O4. The van der Waals surface area contributed by atoms with Crippen LogP contribution in [0, 0.1) is 0 Å². The number of anilines is 1. The second-order valence-corrected chi connectivity index (χ2v) is 6.08. The first-order valence-electron chi connectivity index (χ1n) is 8.13. The van der Waals surface area contributed by atoms with Crippen LogP contribution in [0.3, 0.4) is 0 Å². The molecule has 0 radical (unpaired) electrons. The summed E-state index contributed by atoms with van der Waals surface area (Å²) in [6.45, 7) is 2.01. The fraction of sp³-hybridized carbons (Fsp3) is 0.200. The Balaban J connectivity index is 0.000000260. The number of nitrogens with two attached hydrogens (primary N) is 1. The lowest BCUT2D eigenvalue weighted by molar-refractivity contribution is -0.134. The van der Waals surface area contributed by atoms with Gasteiger partial charge in [0.25, 0.3) is 0 Å². The molecule has 136 valence electrons. The van der Waals surface area contributed by atoms with Gasteiger partial charge in [0.2, 0.25) is 0 Å². The van der Waals surface area contributed by atoms with Gasteiger partial charge in [-0.25, -0.2) is 9.59 Å². The van der Waals surface area contributed by atoms with Crippen molar-refractivity contribution in [2.75, 3.05) is 19.3 Å². The number of aliphatic carboxylic acids is 2. The predicted octanol–water partition coefficient (Wildman–Crippen LogP) is 2.56. The fourth-order valence-electron chi connectivity index (χ4n) is 2.99. The number of carboxylic acid groups (broad SMARTS) is 2. The Labute approximate surface area is 152 Å². The molecule has 0 fully saturated rings. The van der Waals surface area contributed by atoms with Crippen LogP contribution >= 0.6 is 0 Å². The van der Waals surface area contributed by atoms with Gasteiger partial charge >= 0.3 is 11.9 Å². The molecule has 2 aromatic carbocycles. The molecule has 0 saturated heterocycles. The number of fused-ring (bicyclic) bond motifs is 1. The molecule has 1 aliphatic rings. The van der Waals surface area contributed by atoms with E-state index in [4.69, 9.17) is 15.9 Å². The van der Waals surface area contributed by atoms with Crippen LogP contribution in [0.5, 0.6) is 0 Å². The molecule has 0 aromatic heterocycles. The first-order valence-corrected chi connectivity index (χ1v) is 8.13. The average Bonchev–Trinajstić information content (AvgIpc) is 2.61. The van der Waals surface area contributed by atoms with Gasteiger partial charge in [-0.15, -0.1) is 0 Å². The van der Waals surface area contributed by atoms with Crippen molar-refractivity contribution in [3.63, 3.8) is 0 Å². The molecular weight excluding hydrogens is 332 g/mol. The summed E-state index contributed by atoms with van der Waals surface area (Å²) in [6.07, 6.45) is 1.12. The highest BCUT2D eigenvalue weighted by atomic mass is 16.4. The second kappa shape index (κ2) is 8.82. The molecule has 0 saturated carbocycles. The second-order valence-electron chi connectivity index (χ2n) is 6.08. The maximum absolute atomic E-state index is 9.55. The van der Waals surface area contributed by atoms with E-state index >= 15 is 0 Å². The van der Waals surface area contributed by atoms with Gasteiger partial charge in [-0.3, -0.25) is 0 Å². The molecule has 1 aliphatic heterocycles. The Kier molecular flexibility index (Phi) is 6.52. The maximum atomic E-state index is 9.55. The van der Waals surface area contributed by atoms with Gasteiger partial charge in [0.15, 0.2) is 0 Å². The van der Waals surface area contributed by atoms with Crippen molar-refractivity contribution in [2.45, 2.75) is 12.5 Å². The topological polar surface area (TPSA) is 104 Å². The van der Waals surface area contributed by atoms with E-state index in [9.17, 15) is 9.59 Å². The quantitative estimate of drug-likeness (QED) is 0.578. The maximum Gasteiger partial charge on any atom is 0.328 e. The zero-order valence-corrected chi connectivity index (χ0v) is 14.5. The van der Waals surface area contributed by atoms with Crippen LogP contribution in [-0.4, -0.2) is 40.6 Å². The third kappa shape index (κ3) is 5.19. The number of rotatable bonds is 3. The normalized spacial score (nSPS) is 16.4. The lowest BCUT2D eigenvalue weighted by atomic mass is 9.84. The number of likely N-dealkylation sites (N-methyl/N-ethyl adjacent to an activating group) is 1. The lowest BCUT2D eigenvalue weighted by Gasteiger charge is -2.33. The van der Waals surface area contributed by atoms with Crippen LogP contribution in [0.15, 0.2) is 60.7 Å². The van der Waals surface area contributed by atoms with Gasteiger partial charge in [-0.1, -0.05) is 42.5 Å². The highest BCUT2D eigenvalue weighted by molar-refractivity contribution is 5.89. The van der Waals surface area contributed by atoms with E-state index in [1.54, 1.807) is 0 Å². The summed E-state index contributed by atoms with van der Waals surface area (Å²) in [5.74, 6) is -2.08. The zero-order chi connectivity index (χ0) is 19.1. The van der Waals surface area contributed by atoms with Crippen molar-refractivity contribution in [3.05, 3.63) is 77.4 Å². The molecule has 4 N–H and O–H groups in total. The molecule has 0 spiro atoms. The van der Waals surface area contributed by atoms with Gasteiger partial charge in [-0.05, 0) is 29.8 Å². The molecule has 1 heterocycles. The molecule has 0 bridgehead atoms. The summed E-state index contributed by atoms with van der Waals surface area (Å²) in [7, 11) is 2.16. The van der Waals surface area contributed by atoms with Crippen LogP contribution in [-0.2, 0) is 16.1 Å². The molecule has 3 rings (SSSR count). The van der Waals surface area contributed by atoms with E-state index in [1.807, 2.05) is 6.07 Å². The third-order valence-electron chi connectivity index (χ3n) is 4.12. The highest BCUT2D eigenvalue weighted by Crippen LogP contribution is 2.35. The van der Waals surface area contributed by atoms with Gasteiger partial charge in [0.1, 0.15) is 0 Å². The first-order chi connectivity index (χ1) is 12.4. The lowest BCUT2D eigenvalue weighted by Crippen LogP contribution is -2.31. The zero-order valence-electron chi connectivity index (χ0n) is 14.5. The number of nitrogen functional groups attached to an aromatic ring is 1. The summed E-state index contributed by atoms with van der Waals surface area (Å²) in [5, 5.41) is 15.6. The number of carboxylic acids is 2. The van der Waals surface area contributed by atoms with Crippen LogP contribution in [0.4, 0.5) is 5.69 Å². The van der Waals surface area contributed by atoms with E-state index in [1.165, 1.54) is 16.7 Å². The van der Waals surface area contributed by atoms with Gasteiger partial charge in [0, 0.05) is 36.8 Å². The summed E-state index contributed by atoms with van der Waals surface area (Å²) in [6, 6.07) is 17.0. The van der Waals surface area contributed by atoms with E-state index in [-0.39, 0.29) is 0 Å². The predicted molar refractivity (Wildman–Crippen MR) is 99.9 cm³/mol. The van der Waals surface area contributed by atoms with E-state index < -0.39 is 11.9 Å². The van der Waals surface area contributed by atoms with Gasteiger partial charge in [0.05, 0.1) is 0 Å². The Morgan fingerprint density at radius 3 is 2.23 bits per heavy atom. The minimum Gasteiger partial charge on any atom is -0.478 e. The van der Waals surface area contributed by atoms with E-state index in [2.05, 4.69) is 54.4 Å². The number of carbonyl (C=O) groups is 2. The van der Waals surface area contributed by atoms with Crippen molar-refractivity contribution >= 4 is 17.6 Å². The Bertz CT molecular complexity index is 787. The number of hydrogen-bond donors (Lipinski definition) is 3. The molecule has 0 amide bonds. The molecule has 6 heteroatoms. The minimum atomic E-state index is -1.26. The van der Waals surface area contributed by atoms with Gasteiger partial charge < -0.3 is 20.8 Å². The molecule has 1 unspecified atom stereocenters. The monoisotopic (exact) mass is 354 g/mol. The standard InChI is InChI=1S/C16H18N2.C4H4O4/c1-18-10-14(12-6-3-2-4-7-12)13-8-5-9-16(17)15(13)11-18;5-3(6)1-2-4(7)8/h2-9,14H,10-11,17H2,1H3;1-2H,(H,5,6)(H,7,8)/b;2-1-. The number of nitrogens with zero attached hydrogens (tertiary/aromatic N) is 1. The molecule has 2 aromatic rings. The summed E-state index contributed by atoms with van der Waals surface area (Å²) < 4.78 is 0. The van der Waals surface area contributed by atoms with Crippen LogP contribution < -0.4 is 5.73 Å². The minimum absolute atomic E-state index is 0.434. The van der Waals surface area contributed by atoms with Crippen LogP contribution in [0.2, 0.25) is 0 Å².